The van der Waals surface area contributed by atoms with E-state index < -0.39 is 12.1 Å². The number of nitrogens with zero attached hydrogens (tertiary/aromatic N) is 3. The average molecular weight is 653 g/mol. The van der Waals surface area contributed by atoms with Gasteiger partial charge in [-0.2, -0.15) is 13.2 Å². The molecule has 0 spiro atoms. The molecule has 0 saturated carbocycles. The van der Waals surface area contributed by atoms with Crippen LogP contribution in [0.3, 0.4) is 0 Å². The highest BCUT2D eigenvalue weighted by Crippen LogP contribution is 2.33. The highest BCUT2D eigenvalue weighted by molar-refractivity contribution is 7.22. The summed E-state index contributed by atoms with van der Waals surface area (Å²) in [6.45, 7) is 6.71. The number of carbonyl (C=O) groups is 1. The zero-order valence-electron chi connectivity index (χ0n) is 24.1. The topological polar surface area (TPSA) is 106 Å². The van der Waals surface area contributed by atoms with Gasteiger partial charge in [0, 0.05) is 35.1 Å². The fourth-order valence-corrected chi connectivity index (χ4v) is 5.95. The SMILES string of the molecule is CCNC[C@H]1CCCN1CCOc1ccc(-n2cnc3cc(-c4ccc(Cl)cc4)sc3c2=O)cc1OC.O=C(O)C(F)(F)F. The summed E-state index contributed by atoms with van der Waals surface area (Å²) < 4.78 is 45.6. The molecule has 9 nitrogen and oxygen atoms in total. The van der Waals surface area contributed by atoms with E-state index >= 15 is 0 Å². The van der Waals surface area contributed by atoms with Crippen molar-refractivity contribution in [1.29, 1.82) is 0 Å². The molecule has 0 unspecified atom stereocenters. The highest BCUT2D eigenvalue weighted by Gasteiger charge is 2.38. The van der Waals surface area contributed by atoms with Crippen molar-refractivity contribution in [2.45, 2.75) is 32.0 Å². The maximum absolute atomic E-state index is 13.4. The van der Waals surface area contributed by atoms with E-state index in [0.29, 0.717) is 45.1 Å². The molecule has 0 aliphatic carbocycles. The number of aromatic nitrogens is 2. The third-order valence-corrected chi connectivity index (χ3v) is 8.41. The molecule has 3 heterocycles. The number of carboxylic acid groups (broad SMARTS) is 1. The first-order valence-corrected chi connectivity index (χ1v) is 15.0. The summed E-state index contributed by atoms with van der Waals surface area (Å²) in [4.78, 5) is 30.3. The fourth-order valence-electron chi connectivity index (χ4n) is 4.78. The Hall–Kier alpha value is -3.65. The summed E-state index contributed by atoms with van der Waals surface area (Å²) in [5, 5.41) is 11.3. The Morgan fingerprint density at radius 2 is 1.91 bits per heavy atom. The number of thiophene rings is 1. The third-order valence-electron chi connectivity index (χ3n) is 7.00. The van der Waals surface area contributed by atoms with Gasteiger partial charge in [-0.3, -0.25) is 14.3 Å². The first-order valence-electron chi connectivity index (χ1n) is 13.8. The van der Waals surface area contributed by atoms with Crippen LogP contribution in [0.4, 0.5) is 13.2 Å². The molecule has 1 aliphatic rings. The Labute approximate surface area is 260 Å². The predicted molar refractivity (Wildman–Crippen MR) is 165 cm³/mol. The van der Waals surface area contributed by atoms with Crippen molar-refractivity contribution in [1.82, 2.24) is 19.8 Å². The van der Waals surface area contributed by atoms with E-state index in [1.54, 1.807) is 18.0 Å². The molecule has 1 fully saturated rings. The van der Waals surface area contributed by atoms with E-state index in [1.165, 1.54) is 24.2 Å². The number of hydrogen-bond donors (Lipinski definition) is 2. The standard InChI is InChI=1S/C28H31ClN4O3S.C2HF3O2/c1-3-30-17-22-5-4-12-32(22)13-14-36-24-11-10-21(15-25(24)35-2)33-18-31-23-16-26(37-27(23)28(33)34)19-6-8-20(29)9-7-19;3-2(4,5)1(6)7/h6-11,15-16,18,22,30H,3-5,12-14,17H2,1-2H3;(H,6,7)/t22-;/m1./s1. The van der Waals surface area contributed by atoms with Crippen LogP contribution in [0.2, 0.25) is 5.02 Å². The normalized spacial score (nSPS) is 15.2. The summed E-state index contributed by atoms with van der Waals surface area (Å²) >= 11 is 7.45. The van der Waals surface area contributed by atoms with Gasteiger partial charge in [0.1, 0.15) is 17.6 Å². The highest BCUT2D eigenvalue weighted by atomic mass is 35.5. The number of halogens is 4. The molecule has 0 amide bonds. The lowest BCUT2D eigenvalue weighted by Crippen LogP contribution is -2.39. The van der Waals surface area contributed by atoms with Crippen LogP contribution < -0.4 is 20.3 Å². The Morgan fingerprint density at radius 1 is 1.18 bits per heavy atom. The molecule has 44 heavy (non-hydrogen) atoms. The van der Waals surface area contributed by atoms with E-state index in [9.17, 15) is 18.0 Å². The average Bonchev–Trinajstić information content (AvgIpc) is 3.64. The molecule has 1 aliphatic heterocycles. The second-order valence-corrected chi connectivity index (χ2v) is 11.4. The van der Waals surface area contributed by atoms with Gasteiger partial charge in [0.25, 0.3) is 5.56 Å². The quantitative estimate of drug-likeness (QED) is 0.219. The number of likely N-dealkylation sites (tertiary alicyclic amines) is 1. The number of methoxy groups -OCH3 is 1. The smallest absolute Gasteiger partial charge is 0.490 e. The fraction of sp³-hybridized carbons (Fsp3) is 0.367. The second kappa shape index (κ2) is 14.9. The largest absolute Gasteiger partial charge is 0.493 e. The molecular weight excluding hydrogens is 621 g/mol. The van der Waals surface area contributed by atoms with Crippen LogP contribution in [0, 0.1) is 0 Å². The number of fused-ring (bicyclic) bond motifs is 1. The molecule has 2 aromatic heterocycles. The van der Waals surface area contributed by atoms with Gasteiger partial charge in [0.2, 0.25) is 0 Å². The lowest BCUT2D eigenvalue weighted by Gasteiger charge is -2.24. The molecule has 2 aromatic carbocycles. The zero-order chi connectivity index (χ0) is 31.9. The van der Waals surface area contributed by atoms with E-state index in [1.807, 2.05) is 48.5 Å². The number of ether oxygens (including phenoxy) is 2. The second-order valence-electron chi connectivity index (χ2n) is 9.88. The van der Waals surface area contributed by atoms with Gasteiger partial charge in [0.15, 0.2) is 11.5 Å². The maximum atomic E-state index is 13.4. The van der Waals surface area contributed by atoms with E-state index in [4.69, 9.17) is 31.0 Å². The maximum Gasteiger partial charge on any atom is 0.490 e. The van der Waals surface area contributed by atoms with Gasteiger partial charge in [0.05, 0.1) is 18.3 Å². The van der Waals surface area contributed by atoms with Crippen LogP contribution in [0.15, 0.2) is 59.7 Å². The van der Waals surface area contributed by atoms with Crippen molar-refractivity contribution >= 4 is 39.1 Å². The van der Waals surface area contributed by atoms with E-state index in [0.717, 1.165) is 36.6 Å². The lowest BCUT2D eigenvalue weighted by atomic mass is 10.2. The predicted octanol–water partition coefficient (Wildman–Crippen LogP) is 5.86. The van der Waals surface area contributed by atoms with Crippen LogP contribution in [0.5, 0.6) is 11.5 Å². The van der Waals surface area contributed by atoms with E-state index in [2.05, 4.69) is 22.1 Å². The first-order chi connectivity index (χ1) is 21.0. The van der Waals surface area contributed by atoms with Crippen molar-refractivity contribution in [3.8, 4) is 27.6 Å². The molecule has 4 aromatic rings. The van der Waals surface area contributed by atoms with Crippen LogP contribution >= 0.6 is 22.9 Å². The monoisotopic (exact) mass is 652 g/mol. The van der Waals surface area contributed by atoms with Crippen molar-refractivity contribution < 1.29 is 32.5 Å². The van der Waals surface area contributed by atoms with Gasteiger partial charge >= 0.3 is 12.1 Å². The summed E-state index contributed by atoms with van der Waals surface area (Å²) in [5.41, 5.74) is 2.24. The van der Waals surface area contributed by atoms with Crippen LogP contribution in [-0.4, -0.2) is 77.6 Å². The van der Waals surface area contributed by atoms with E-state index in [-0.39, 0.29) is 5.56 Å². The van der Waals surface area contributed by atoms with Gasteiger partial charge in [-0.25, -0.2) is 9.78 Å². The zero-order valence-corrected chi connectivity index (χ0v) is 25.6. The summed E-state index contributed by atoms with van der Waals surface area (Å²) in [6.07, 6.45) is -1.06. The molecule has 0 radical (unpaired) electrons. The van der Waals surface area contributed by atoms with Crippen molar-refractivity contribution in [3.05, 3.63) is 70.2 Å². The minimum Gasteiger partial charge on any atom is -0.493 e. The molecule has 236 valence electrons. The number of aliphatic carboxylic acids is 1. The molecular formula is C30H32ClF3N4O5S. The van der Waals surface area contributed by atoms with Crippen molar-refractivity contribution in [2.75, 3.05) is 39.9 Å². The van der Waals surface area contributed by atoms with Crippen LogP contribution in [-0.2, 0) is 4.79 Å². The number of alkyl halides is 3. The Morgan fingerprint density at radius 3 is 2.57 bits per heavy atom. The number of likely N-dealkylation sites (N-methyl/N-ethyl adjacent to an activating group) is 1. The van der Waals surface area contributed by atoms with Crippen LogP contribution in [0.1, 0.15) is 19.8 Å². The number of rotatable bonds is 10. The Kier molecular flexibility index (Phi) is 11.2. The Bertz CT molecular complexity index is 1630. The molecule has 0 bridgehead atoms. The van der Waals surface area contributed by atoms with Gasteiger partial charge < -0.3 is 19.9 Å². The Balaban J connectivity index is 0.000000566. The lowest BCUT2D eigenvalue weighted by molar-refractivity contribution is -0.192. The summed E-state index contributed by atoms with van der Waals surface area (Å²) in [5.74, 6) is -1.51. The van der Waals surface area contributed by atoms with Crippen molar-refractivity contribution in [2.24, 2.45) is 0 Å². The third kappa shape index (κ3) is 8.29. The number of nitrogens with one attached hydrogen (secondary N) is 1. The summed E-state index contributed by atoms with van der Waals surface area (Å²) in [6, 6.07) is 15.6. The molecule has 1 atom stereocenters. The molecule has 1 saturated heterocycles. The van der Waals surface area contributed by atoms with Gasteiger partial charge in [-0.15, -0.1) is 11.3 Å². The summed E-state index contributed by atoms with van der Waals surface area (Å²) in [7, 11) is 1.61. The number of carboxylic acids is 1. The molecule has 2 N–H and O–H groups in total. The van der Waals surface area contributed by atoms with Gasteiger partial charge in [-0.05, 0) is 61.8 Å². The minimum absolute atomic E-state index is 0.119. The van der Waals surface area contributed by atoms with Gasteiger partial charge in [-0.1, -0.05) is 30.7 Å². The van der Waals surface area contributed by atoms with Crippen LogP contribution in [0.25, 0.3) is 26.3 Å². The van der Waals surface area contributed by atoms with Crippen molar-refractivity contribution in [3.63, 3.8) is 0 Å². The number of benzene rings is 2. The minimum atomic E-state index is -5.08. The molecule has 5 rings (SSSR count). The molecule has 14 heteroatoms. The number of hydrogen-bond acceptors (Lipinski definition) is 8. The first kappa shape index (κ1) is 33.2.